The number of carbonyl (C=O) groups excluding carboxylic acids is 1. The molecule has 1 aromatic carbocycles. The van der Waals surface area contributed by atoms with Crippen LogP contribution in [0.25, 0.3) is 0 Å². The van der Waals surface area contributed by atoms with Crippen LogP contribution >= 0.6 is 0 Å². The topological polar surface area (TPSA) is 66.4 Å². The van der Waals surface area contributed by atoms with Gasteiger partial charge in [0.1, 0.15) is 0 Å². The van der Waals surface area contributed by atoms with E-state index in [1.807, 2.05) is 38.1 Å². The summed E-state index contributed by atoms with van der Waals surface area (Å²) >= 11 is 0. The Bertz CT molecular complexity index is 457. The van der Waals surface area contributed by atoms with Crippen LogP contribution in [0.5, 0.6) is 0 Å². The van der Waals surface area contributed by atoms with E-state index in [1.54, 1.807) is 0 Å². The van der Waals surface area contributed by atoms with Gasteiger partial charge < -0.3 is 10.4 Å². The molecule has 0 bridgehead atoms. The summed E-state index contributed by atoms with van der Waals surface area (Å²) in [5.74, 6) is -1.35. The largest absolute Gasteiger partial charge is 0.481 e. The van der Waals surface area contributed by atoms with Gasteiger partial charge in [0, 0.05) is 12.1 Å². The highest BCUT2D eigenvalue weighted by molar-refractivity contribution is 5.91. The molecule has 0 spiro atoms. The van der Waals surface area contributed by atoms with E-state index >= 15 is 0 Å². The fourth-order valence-electron chi connectivity index (χ4n) is 2.09. The third kappa shape index (κ3) is 5.87. The Kier molecular flexibility index (Phi) is 6.77. The summed E-state index contributed by atoms with van der Waals surface area (Å²) in [5.41, 5.74) is 1.84. The van der Waals surface area contributed by atoms with Gasteiger partial charge in [-0.15, -0.1) is 0 Å². The van der Waals surface area contributed by atoms with Gasteiger partial charge in [0.05, 0.1) is 5.92 Å². The van der Waals surface area contributed by atoms with Crippen LogP contribution in [0.4, 0.5) is 5.69 Å². The maximum atomic E-state index is 11.8. The van der Waals surface area contributed by atoms with E-state index in [9.17, 15) is 9.59 Å². The molecule has 1 unspecified atom stereocenters. The highest BCUT2D eigenvalue weighted by Crippen LogP contribution is 2.16. The van der Waals surface area contributed by atoms with E-state index in [0.29, 0.717) is 12.8 Å². The highest BCUT2D eigenvalue weighted by atomic mass is 16.4. The second-order valence-electron chi connectivity index (χ2n) is 5.13. The van der Waals surface area contributed by atoms with Crippen LogP contribution in [0.15, 0.2) is 24.3 Å². The highest BCUT2D eigenvalue weighted by Gasteiger charge is 2.18. The first kappa shape index (κ1) is 16.2. The molecule has 0 aliphatic heterocycles. The molecule has 4 heteroatoms. The van der Waals surface area contributed by atoms with E-state index in [1.165, 1.54) is 0 Å². The predicted octanol–water partition coefficient (Wildman–Crippen LogP) is 3.60. The Labute approximate surface area is 120 Å². The number of carbonyl (C=O) groups is 2. The van der Waals surface area contributed by atoms with Gasteiger partial charge in [-0.25, -0.2) is 0 Å². The lowest BCUT2D eigenvalue weighted by atomic mass is 9.97. The van der Waals surface area contributed by atoms with Crippen molar-refractivity contribution < 1.29 is 14.7 Å². The maximum absolute atomic E-state index is 11.8. The number of hydrogen-bond acceptors (Lipinski definition) is 2. The molecule has 1 amide bonds. The van der Waals surface area contributed by atoms with Crippen molar-refractivity contribution in [3.05, 3.63) is 29.8 Å². The first-order chi connectivity index (χ1) is 9.52. The summed E-state index contributed by atoms with van der Waals surface area (Å²) in [6.07, 6.45) is 3.14. The average molecular weight is 277 g/mol. The minimum absolute atomic E-state index is 0.127. The van der Waals surface area contributed by atoms with Crippen molar-refractivity contribution in [3.8, 4) is 0 Å². The molecular formula is C16H23NO3. The zero-order chi connectivity index (χ0) is 15.0. The van der Waals surface area contributed by atoms with Gasteiger partial charge >= 0.3 is 5.97 Å². The van der Waals surface area contributed by atoms with Crippen molar-refractivity contribution in [2.24, 2.45) is 5.92 Å². The summed E-state index contributed by atoms with van der Waals surface area (Å²) in [4.78, 5) is 22.9. The van der Waals surface area contributed by atoms with Gasteiger partial charge in [0.2, 0.25) is 5.91 Å². The number of rotatable bonds is 8. The minimum atomic E-state index is -0.804. The fourth-order valence-corrected chi connectivity index (χ4v) is 2.09. The predicted molar refractivity (Wildman–Crippen MR) is 79.7 cm³/mol. The Hall–Kier alpha value is -1.84. The smallest absolute Gasteiger partial charge is 0.306 e. The maximum Gasteiger partial charge on any atom is 0.306 e. The van der Waals surface area contributed by atoms with Gasteiger partial charge in [-0.05, 0) is 37.5 Å². The average Bonchev–Trinajstić information content (AvgIpc) is 2.38. The van der Waals surface area contributed by atoms with E-state index < -0.39 is 11.9 Å². The SMILES string of the molecule is CCCCC(CCC(=O)Nc1cccc(C)c1)C(=O)O. The second kappa shape index (κ2) is 8.35. The first-order valence-corrected chi connectivity index (χ1v) is 7.12. The number of amides is 1. The van der Waals surface area contributed by atoms with Crippen LogP contribution in [0.2, 0.25) is 0 Å². The Balaban J connectivity index is 2.43. The number of aryl methyl sites for hydroxylation is 1. The van der Waals surface area contributed by atoms with Gasteiger partial charge in [-0.3, -0.25) is 9.59 Å². The first-order valence-electron chi connectivity index (χ1n) is 7.12. The van der Waals surface area contributed by atoms with Crippen molar-refractivity contribution in [1.29, 1.82) is 0 Å². The molecule has 0 aromatic heterocycles. The summed E-state index contributed by atoms with van der Waals surface area (Å²) in [7, 11) is 0. The van der Waals surface area contributed by atoms with Gasteiger partial charge in [-0.1, -0.05) is 31.9 Å². The molecule has 0 saturated carbocycles. The molecule has 1 rings (SSSR count). The zero-order valence-electron chi connectivity index (χ0n) is 12.2. The number of anilines is 1. The third-order valence-electron chi connectivity index (χ3n) is 3.28. The molecule has 2 N–H and O–H groups in total. The standard InChI is InChI=1S/C16H23NO3/c1-3-4-7-13(16(19)20)9-10-15(18)17-14-8-5-6-12(2)11-14/h5-6,8,11,13H,3-4,7,9-10H2,1-2H3,(H,17,18)(H,19,20). The van der Waals surface area contributed by atoms with E-state index in [2.05, 4.69) is 5.32 Å². The molecule has 0 radical (unpaired) electrons. The molecule has 0 saturated heterocycles. The van der Waals surface area contributed by atoms with Crippen molar-refractivity contribution in [1.82, 2.24) is 0 Å². The molecule has 1 aromatic rings. The van der Waals surface area contributed by atoms with Crippen LogP contribution < -0.4 is 5.32 Å². The quantitative estimate of drug-likeness (QED) is 0.763. The Morgan fingerprint density at radius 2 is 2.05 bits per heavy atom. The lowest BCUT2D eigenvalue weighted by Gasteiger charge is -2.11. The minimum Gasteiger partial charge on any atom is -0.481 e. The molecule has 0 heterocycles. The van der Waals surface area contributed by atoms with Crippen LogP contribution in [0.1, 0.15) is 44.6 Å². The summed E-state index contributed by atoms with van der Waals surface area (Å²) in [6.45, 7) is 3.99. The molecule has 20 heavy (non-hydrogen) atoms. The van der Waals surface area contributed by atoms with E-state index in [4.69, 9.17) is 5.11 Å². The van der Waals surface area contributed by atoms with E-state index in [-0.39, 0.29) is 12.3 Å². The Morgan fingerprint density at radius 3 is 2.65 bits per heavy atom. The van der Waals surface area contributed by atoms with Crippen LogP contribution in [0.3, 0.4) is 0 Å². The number of carboxylic acid groups (broad SMARTS) is 1. The van der Waals surface area contributed by atoms with Gasteiger partial charge in [-0.2, -0.15) is 0 Å². The van der Waals surface area contributed by atoms with Crippen LogP contribution in [-0.4, -0.2) is 17.0 Å². The van der Waals surface area contributed by atoms with Crippen molar-refractivity contribution in [3.63, 3.8) is 0 Å². The van der Waals surface area contributed by atoms with Crippen molar-refractivity contribution in [2.45, 2.75) is 46.0 Å². The molecular weight excluding hydrogens is 254 g/mol. The normalized spacial score (nSPS) is 11.9. The summed E-state index contributed by atoms with van der Waals surface area (Å²) in [5, 5.41) is 11.9. The number of nitrogens with one attached hydrogen (secondary N) is 1. The third-order valence-corrected chi connectivity index (χ3v) is 3.28. The van der Waals surface area contributed by atoms with Crippen LogP contribution in [-0.2, 0) is 9.59 Å². The molecule has 0 aliphatic carbocycles. The fraction of sp³-hybridized carbons (Fsp3) is 0.500. The Morgan fingerprint density at radius 1 is 1.30 bits per heavy atom. The molecule has 1 atom stereocenters. The number of unbranched alkanes of at least 4 members (excludes halogenated alkanes) is 1. The lowest BCUT2D eigenvalue weighted by molar-refractivity contribution is -0.142. The van der Waals surface area contributed by atoms with Crippen molar-refractivity contribution >= 4 is 17.6 Å². The number of benzene rings is 1. The molecule has 110 valence electrons. The van der Waals surface area contributed by atoms with Gasteiger partial charge in [0.25, 0.3) is 0 Å². The molecule has 4 nitrogen and oxygen atoms in total. The zero-order valence-corrected chi connectivity index (χ0v) is 12.2. The second-order valence-corrected chi connectivity index (χ2v) is 5.13. The van der Waals surface area contributed by atoms with Crippen molar-refractivity contribution in [2.75, 3.05) is 5.32 Å². The van der Waals surface area contributed by atoms with Gasteiger partial charge in [0.15, 0.2) is 0 Å². The molecule has 0 fully saturated rings. The monoisotopic (exact) mass is 277 g/mol. The molecule has 0 aliphatic rings. The number of carboxylic acids is 1. The number of hydrogen-bond donors (Lipinski definition) is 2. The summed E-state index contributed by atoms with van der Waals surface area (Å²) in [6, 6.07) is 7.56. The van der Waals surface area contributed by atoms with Crippen LogP contribution in [0, 0.1) is 12.8 Å². The number of aliphatic carboxylic acids is 1. The van der Waals surface area contributed by atoms with E-state index in [0.717, 1.165) is 24.1 Å². The lowest BCUT2D eigenvalue weighted by Crippen LogP contribution is -2.18. The summed E-state index contributed by atoms with van der Waals surface area (Å²) < 4.78 is 0.